The van der Waals surface area contributed by atoms with E-state index in [-0.39, 0.29) is 6.10 Å². The molecule has 1 amide bonds. The highest BCUT2D eigenvalue weighted by atomic mass is 16.5. The second-order valence-corrected chi connectivity index (χ2v) is 6.50. The average Bonchev–Trinajstić information content (AvgIpc) is 3.20. The molecule has 0 unspecified atom stereocenters. The molecule has 4 N–H and O–H groups in total. The summed E-state index contributed by atoms with van der Waals surface area (Å²) in [4.78, 5) is 20.4. The van der Waals surface area contributed by atoms with Gasteiger partial charge in [0, 0.05) is 29.8 Å². The molecule has 0 spiro atoms. The summed E-state index contributed by atoms with van der Waals surface area (Å²) in [5.74, 6) is 0.798. The average molecular weight is 363 g/mol. The van der Waals surface area contributed by atoms with Gasteiger partial charge >= 0.3 is 0 Å². The number of ether oxygens (including phenoxy) is 1. The number of para-hydroxylation sites is 1. The molecule has 2 heterocycles. The Bertz CT molecular complexity index is 952. The third-order valence-corrected chi connectivity index (χ3v) is 4.55. The first-order valence-corrected chi connectivity index (χ1v) is 8.98. The van der Waals surface area contributed by atoms with E-state index in [9.17, 15) is 4.79 Å². The topological polar surface area (TPSA) is 102 Å². The Hall–Kier alpha value is -3.19. The molecule has 1 aliphatic heterocycles. The van der Waals surface area contributed by atoms with E-state index in [0.29, 0.717) is 18.1 Å². The van der Waals surface area contributed by atoms with Crippen LogP contribution in [0.3, 0.4) is 0 Å². The zero-order valence-electron chi connectivity index (χ0n) is 14.8. The molecule has 7 nitrogen and oxygen atoms in total. The molecular formula is C20H21N5O2. The number of anilines is 3. The number of primary amides is 1. The molecular weight excluding hydrogens is 342 g/mol. The van der Waals surface area contributed by atoms with Gasteiger partial charge in [0.15, 0.2) is 0 Å². The van der Waals surface area contributed by atoms with Crippen molar-refractivity contribution in [3.63, 3.8) is 0 Å². The fourth-order valence-corrected chi connectivity index (χ4v) is 3.13. The predicted octanol–water partition coefficient (Wildman–Crippen LogP) is 3.06. The first kappa shape index (κ1) is 17.2. The molecule has 3 aromatic rings. The third kappa shape index (κ3) is 3.98. The van der Waals surface area contributed by atoms with Gasteiger partial charge in [0.2, 0.25) is 11.9 Å². The van der Waals surface area contributed by atoms with Crippen LogP contribution in [-0.4, -0.2) is 35.1 Å². The van der Waals surface area contributed by atoms with E-state index >= 15 is 0 Å². The van der Waals surface area contributed by atoms with Gasteiger partial charge in [0.25, 0.3) is 0 Å². The molecule has 1 atom stereocenters. The summed E-state index contributed by atoms with van der Waals surface area (Å²) in [5.41, 5.74) is 7.36. The maximum absolute atomic E-state index is 11.2. The van der Waals surface area contributed by atoms with Gasteiger partial charge in [-0.1, -0.05) is 12.1 Å². The number of benzene rings is 2. The largest absolute Gasteiger partial charge is 0.376 e. The third-order valence-electron chi connectivity index (χ3n) is 4.55. The molecule has 0 aliphatic carbocycles. The maximum Gasteiger partial charge on any atom is 0.248 e. The molecule has 1 fully saturated rings. The van der Waals surface area contributed by atoms with E-state index in [4.69, 9.17) is 10.5 Å². The summed E-state index contributed by atoms with van der Waals surface area (Å²) in [7, 11) is 0. The second kappa shape index (κ2) is 7.59. The Balaban J connectivity index is 1.59. The number of nitrogens with two attached hydrogens (primary N) is 1. The summed E-state index contributed by atoms with van der Waals surface area (Å²) in [6, 6.07) is 14.8. The van der Waals surface area contributed by atoms with Crippen LogP contribution in [0.25, 0.3) is 10.9 Å². The quantitative estimate of drug-likeness (QED) is 0.622. The predicted molar refractivity (Wildman–Crippen MR) is 105 cm³/mol. The van der Waals surface area contributed by atoms with Crippen LogP contribution >= 0.6 is 0 Å². The van der Waals surface area contributed by atoms with E-state index in [2.05, 4.69) is 20.6 Å². The van der Waals surface area contributed by atoms with Crippen molar-refractivity contribution in [1.29, 1.82) is 0 Å². The normalized spacial score (nSPS) is 16.4. The zero-order valence-corrected chi connectivity index (χ0v) is 14.8. The molecule has 0 saturated carbocycles. The first-order chi connectivity index (χ1) is 13.2. The van der Waals surface area contributed by atoms with Crippen molar-refractivity contribution in [3.05, 3.63) is 54.1 Å². The van der Waals surface area contributed by atoms with Crippen molar-refractivity contribution < 1.29 is 9.53 Å². The van der Waals surface area contributed by atoms with Crippen molar-refractivity contribution in [2.24, 2.45) is 5.73 Å². The van der Waals surface area contributed by atoms with E-state index in [1.165, 1.54) is 0 Å². The van der Waals surface area contributed by atoms with Crippen LogP contribution in [0.15, 0.2) is 48.5 Å². The SMILES string of the molecule is NC(=O)c1ccc(Nc2nc(NC[C@@H]3CCCO3)c3ccccc3n2)cc1. The monoisotopic (exact) mass is 363 g/mol. The van der Waals surface area contributed by atoms with Gasteiger partial charge in [0.05, 0.1) is 11.6 Å². The molecule has 2 aromatic carbocycles. The van der Waals surface area contributed by atoms with E-state index in [1.807, 2.05) is 24.3 Å². The van der Waals surface area contributed by atoms with Gasteiger partial charge in [-0.05, 0) is 49.2 Å². The van der Waals surface area contributed by atoms with Gasteiger partial charge in [-0.3, -0.25) is 4.79 Å². The smallest absolute Gasteiger partial charge is 0.248 e. The number of hydrogen-bond donors (Lipinski definition) is 3. The van der Waals surface area contributed by atoms with E-state index < -0.39 is 5.91 Å². The number of amides is 1. The standard InChI is InChI=1S/C20H21N5O2/c21-18(26)13-7-9-14(10-8-13)23-20-24-17-6-2-1-5-16(17)19(25-20)22-12-15-4-3-11-27-15/h1-2,5-10,15H,3-4,11-12H2,(H2,21,26)(H2,22,23,24,25)/t15-/m0/s1. The molecule has 1 aromatic heterocycles. The maximum atomic E-state index is 11.2. The van der Waals surface area contributed by atoms with Crippen molar-refractivity contribution in [3.8, 4) is 0 Å². The highest BCUT2D eigenvalue weighted by molar-refractivity contribution is 5.93. The number of carbonyl (C=O) groups excluding carboxylic acids is 1. The number of nitrogens with one attached hydrogen (secondary N) is 2. The fourth-order valence-electron chi connectivity index (χ4n) is 3.13. The minimum atomic E-state index is -0.455. The van der Waals surface area contributed by atoms with Crippen molar-refractivity contribution >= 4 is 34.3 Å². The number of nitrogens with zero attached hydrogens (tertiary/aromatic N) is 2. The van der Waals surface area contributed by atoms with Crippen LogP contribution in [0.5, 0.6) is 0 Å². The highest BCUT2D eigenvalue weighted by Gasteiger charge is 2.16. The lowest BCUT2D eigenvalue weighted by Crippen LogP contribution is -2.19. The van der Waals surface area contributed by atoms with E-state index in [1.54, 1.807) is 24.3 Å². The Morgan fingerprint density at radius 2 is 1.96 bits per heavy atom. The van der Waals surface area contributed by atoms with Crippen LogP contribution in [0, 0.1) is 0 Å². The van der Waals surface area contributed by atoms with Crippen LogP contribution in [0.4, 0.5) is 17.5 Å². The molecule has 1 aliphatic rings. The molecule has 7 heteroatoms. The van der Waals surface area contributed by atoms with Gasteiger partial charge in [0.1, 0.15) is 5.82 Å². The highest BCUT2D eigenvalue weighted by Crippen LogP contribution is 2.24. The zero-order chi connectivity index (χ0) is 18.6. The van der Waals surface area contributed by atoms with Crippen molar-refractivity contribution in [2.45, 2.75) is 18.9 Å². The number of fused-ring (bicyclic) bond motifs is 1. The summed E-state index contributed by atoms with van der Waals surface area (Å²) in [6.45, 7) is 1.54. The lowest BCUT2D eigenvalue weighted by molar-refractivity contribution is 0.100. The second-order valence-electron chi connectivity index (χ2n) is 6.50. The van der Waals surface area contributed by atoms with Crippen LogP contribution in [0.2, 0.25) is 0 Å². The molecule has 4 rings (SSSR count). The summed E-state index contributed by atoms with van der Waals surface area (Å²) < 4.78 is 5.68. The number of hydrogen-bond acceptors (Lipinski definition) is 6. The Labute approximate surface area is 157 Å². The van der Waals surface area contributed by atoms with Gasteiger partial charge in [-0.15, -0.1) is 0 Å². The minimum absolute atomic E-state index is 0.219. The lowest BCUT2D eigenvalue weighted by Gasteiger charge is -2.14. The molecule has 138 valence electrons. The van der Waals surface area contributed by atoms with E-state index in [0.717, 1.165) is 41.9 Å². The molecule has 27 heavy (non-hydrogen) atoms. The van der Waals surface area contributed by atoms with Crippen LogP contribution in [-0.2, 0) is 4.74 Å². The first-order valence-electron chi connectivity index (χ1n) is 8.98. The van der Waals surface area contributed by atoms with Gasteiger partial charge in [-0.25, -0.2) is 4.98 Å². The van der Waals surface area contributed by atoms with Gasteiger partial charge in [-0.2, -0.15) is 4.98 Å². The van der Waals surface area contributed by atoms with Crippen LogP contribution < -0.4 is 16.4 Å². The Morgan fingerprint density at radius 3 is 2.70 bits per heavy atom. The minimum Gasteiger partial charge on any atom is -0.376 e. The van der Waals surface area contributed by atoms with Crippen molar-refractivity contribution in [2.75, 3.05) is 23.8 Å². The molecule has 0 bridgehead atoms. The summed E-state index contributed by atoms with van der Waals surface area (Å²) in [5, 5.41) is 7.55. The number of carbonyl (C=O) groups is 1. The fraction of sp³-hybridized carbons (Fsp3) is 0.250. The Morgan fingerprint density at radius 1 is 1.15 bits per heavy atom. The van der Waals surface area contributed by atoms with Crippen LogP contribution in [0.1, 0.15) is 23.2 Å². The van der Waals surface area contributed by atoms with Gasteiger partial charge < -0.3 is 21.1 Å². The van der Waals surface area contributed by atoms with Crippen molar-refractivity contribution in [1.82, 2.24) is 9.97 Å². The summed E-state index contributed by atoms with van der Waals surface area (Å²) in [6.07, 6.45) is 2.38. The molecule has 1 saturated heterocycles. The number of rotatable bonds is 6. The summed E-state index contributed by atoms with van der Waals surface area (Å²) >= 11 is 0. The molecule has 0 radical (unpaired) electrons. The number of aromatic nitrogens is 2. The lowest BCUT2D eigenvalue weighted by atomic mass is 10.2. The Kier molecular flexibility index (Phi) is 4.84.